The molecule has 0 aliphatic carbocycles. The summed E-state index contributed by atoms with van der Waals surface area (Å²) in [5.41, 5.74) is 4.82. The summed E-state index contributed by atoms with van der Waals surface area (Å²) in [5, 5.41) is 24.6. The first-order valence-electron chi connectivity index (χ1n) is 5.34. The molecule has 0 fully saturated rings. The number of ether oxygens (including phenoxy) is 1. The Bertz CT molecular complexity index is 193. The Morgan fingerprint density at radius 2 is 1.82 bits per heavy atom. The van der Waals surface area contributed by atoms with Crippen molar-refractivity contribution in [3.8, 4) is 0 Å². The van der Waals surface area contributed by atoms with Crippen molar-refractivity contribution < 1.29 is 29.6 Å². The van der Waals surface area contributed by atoms with Gasteiger partial charge in [0.1, 0.15) is 0 Å². The standard InChI is InChI=1S/C6H11NO3.C4H10O3/c7-5(8)3-1-2-4-6(9)10;1-2-7-4(6)3-5/h1-4H2,(H2,7,8)(H,9,10);4-6H,2-3H2,1H3. The topological polar surface area (TPSA) is 130 Å². The SMILES string of the molecule is CCOC(O)CO.NC(=O)CCCCC(=O)O. The molecular formula is C10H21NO6. The van der Waals surface area contributed by atoms with Crippen molar-refractivity contribution in [3.05, 3.63) is 0 Å². The zero-order chi connectivity index (χ0) is 13.7. The molecule has 0 aromatic heterocycles. The normalized spacial score (nSPS) is 11.2. The van der Waals surface area contributed by atoms with Crippen LogP contribution in [0.3, 0.4) is 0 Å². The summed E-state index contributed by atoms with van der Waals surface area (Å²) in [6, 6.07) is 0. The summed E-state index contributed by atoms with van der Waals surface area (Å²) in [5.74, 6) is -1.20. The third-order valence-corrected chi connectivity index (χ3v) is 1.58. The predicted octanol–water partition coefficient (Wildman–Crippen LogP) is -0.550. The van der Waals surface area contributed by atoms with Gasteiger partial charge in [0.15, 0.2) is 6.29 Å². The monoisotopic (exact) mass is 251 g/mol. The summed E-state index contributed by atoms with van der Waals surface area (Å²) < 4.78 is 4.50. The number of hydrogen-bond acceptors (Lipinski definition) is 5. The fourth-order valence-corrected chi connectivity index (χ4v) is 0.821. The van der Waals surface area contributed by atoms with Crippen LogP contribution in [0.5, 0.6) is 0 Å². The minimum absolute atomic E-state index is 0.118. The lowest BCUT2D eigenvalue weighted by Gasteiger charge is -2.03. The highest BCUT2D eigenvalue weighted by molar-refractivity contribution is 5.73. The summed E-state index contributed by atoms with van der Waals surface area (Å²) in [7, 11) is 0. The van der Waals surface area contributed by atoms with Crippen LogP contribution < -0.4 is 5.73 Å². The third kappa shape index (κ3) is 20.8. The van der Waals surface area contributed by atoms with E-state index in [0.717, 1.165) is 0 Å². The van der Waals surface area contributed by atoms with E-state index in [9.17, 15) is 9.59 Å². The Kier molecular flexibility index (Phi) is 13.8. The molecule has 0 heterocycles. The highest BCUT2D eigenvalue weighted by Gasteiger charge is 1.97. The summed E-state index contributed by atoms with van der Waals surface area (Å²) in [4.78, 5) is 20.0. The van der Waals surface area contributed by atoms with Gasteiger partial charge in [-0.05, 0) is 19.8 Å². The average molecular weight is 251 g/mol. The van der Waals surface area contributed by atoms with E-state index in [4.69, 9.17) is 21.1 Å². The van der Waals surface area contributed by atoms with Crippen molar-refractivity contribution in [2.75, 3.05) is 13.2 Å². The van der Waals surface area contributed by atoms with E-state index in [1.54, 1.807) is 6.92 Å². The first-order valence-corrected chi connectivity index (χ1v) is 5.34. The second-order valence-corrected chi connectivity index (χ2v) is 3.16. The molecular weight excluding hydrogens is 230 g/mol. The first kappa shape index (κ1) is 18.2. The van der Waals surface area contributed by atoms with E-state index < -0.39 is 12.3 Å². The van der Waals surface area contributed by atoms with E-state index in [0.29, 0.717) is 19.4 Å². The molecule has 0 saturated heterocycles. The molecule has 0 aliphatic rings. The molecule has 17 heavy (non-hydrogen) atoms. The minimum atomic E-state index is -0.995. The summed E-state index contributed by atoms with van der Waals surface area (Å²) in [6.07, 6.45) is 0.505. The highest BCUT2D eigenvalue weighted by atomic mass is 16.6. The smallest absolute Gasteiger partial charge is 0.303 e. The van der Waals surface area contributed by atoms with Gasteiger partial charge in [0.25, 0.3) is 0 Å². The van der Waals surface area contributed by atoms with Gasteiger partial charge in [0.2, 0.25) is 5.91 Å². The van der Waals surface area contributed by atoms with Crippen molar-refractivity contribution in [1.82, 2.24) is 0 Å². The Labute approximate surface area is 100 Å². The lowest BCUT2D eigenvalue weighted by atomic mass is 10.2. The summed E-state index contributed by atoms with van der Waals surface area (Å²) >= 11 is 0. The molecule has 7 nitrogen and oxygen atoms in total. The van der Waals surface area contributed by atoms with Gasteiger partial charge < -0.3 is 25.8 Å². The number of carbonyl (C=O) groups excluding carboxylic acids is 1. The number of aliphatic hydroxyl groups excluding tert-OH is 2. The Balaban J connectivity index is 0. The van der Waals surface area contributed by atoms with Gasteiger partial charge in [-0.2, -0.15) is 0 Å². The number of primary amides is 1. The van der Waals surface area contributed by atoms with Crippen molar-refractivity contribution >= 4 is 11.9 Å². The fourth-order valence-electron chi connectivity index (χ4n) is 0.821. The number of amides is 1. The molecule has 102 valence electrons. The molecule has 0 radical (unpaired) electrons. The molecule has 1 amide bonds. The van der Waals surface area contributed by atoms with E-state index in [-0.39, 0.29) is 25.4 Å². The number of aliphatic hydroxyl groups is 2. The van der Waals surface area contributed by atoms with Crippen LogP contribution in [0.25, 0.3) is 0 Å². The van der Waals surface area contributed by atoms with Gasteiger partial charge in [-0.15, -0.1) is 0 Å². The Morgan fingerprint density at radius 1 is 1.29 bits per heavy atom. The molecule has 1 atom stereocenters. The van der Waals surface area contributed by atoms with Crippen LogP contribution in [0.2, 0.25) is 0 Å². The average Bonchev–Trinajstić information content (AvgIpc) is 2.25. The van der Waals surface area contributed by atoms with Crippen molar-refractivity contribution in [1.29, 1.82) is 0 Å². The van der Waals surface area contributed by atoms with Crippen LogP contribution in [0, 0.1) is 0 Å². The largest absolute Gasteiger partial charge is 0.481 e. The zero-order valence-corrected chi connectivity index (χ0v) is 9.96. The van der Waals surface area contributed by atoms with Gasteiger partial charge in [0.05, 0.1) is 6.61 Å². The van der Waals surface area contributed by atoms with Crippen LogP contribution >= 0.6 is 0 Å². The van der Waals surface area contributed by atoms with Gasteiger partial charge in [-0.3, -0.25) is 9.59 Å². The molecule has 0 rings (SSSR count). The quantitative estimate of drug-likeness (QED) is 0.338. The van der Waals surface area contributed by atoms with Crippen molar-refractivity contribution in [2.24, 2.45) is 5.73 Å². The summed E-state index contributed by atoms with van der Waals surface area (Å²) in [6.45, 7) is 1.86. The van der Waals surface area contributed by atoms with Crippen LogP contribution in [0.4, 0.5) is 0 Å². The van der Waals surface area contributed by atoms with E-state index in [2.05, 4.69) is 4.74 Å². The molecule has 0 aliphatic heterocycles. The lowest BCUT2D eigenvalue weighted by molar-refractivity contribution is -0.137. The number of rotatable bonds is 8. The van der Waals surface area contributed by atoms with Gasteiger partial charge in [-0.1, -0.05) is 0 Å². The van der Waals surface area contributed by atoms with Crippen molar-refractivity contribution in [3.63, 3.8) is 0 Å². The van der Waals surface area contributed by atoms with Crippen LogP contribution in [-0.2, 0) is 14.3 Å². The maximum atomic E-state index is 10.1. The van der Waals surface area contributed by atoms with Crippen molar-refractivity contribution in [2.45, 2.75) is 38.9 Å². The lowest BCUT2D eigenvalue weighted by Crippen LogP contribution is -2.15. The molecule has 5 N–H and O–H groups in total. The maximum Gasteiger partial charge on any atom is 0.303 e. The molecule has 0 saturated carbocycles. The van der Waals surface area contributed by atoms with E-state index >= 15 is 0 Å². The van der Waals surface area contributed by atoms with Crippen LogP contribution in [0.15, 0.2) is 0 Å². The molecule has 7 heteroatoms. The number of nitrogens with two attached hydrogens (primary N) is 1. The number of carboxylic acid groups (broad SMARTS) is 1. The van der Waals surface area contributed by atoms with Gasteiger partial charge in [0, 0.05) is 19.4 Å². The third-order valence-electron chi connectivity index (χ3n) is 1.58. The predicted molar refractivity (Wildman–Crippen MR) is 60.0 cm³/mol. The fraction of sp³-hybridized carbons (Fsp3) is 0.800. The number of carboxylic acids is 1. The number of aliphatic carboxylic acids is 1. The van der Waals surface area contributed by atoms with Gasteiger partial charge >= 0.3 is 5.97 Å². The number of unbranched alkanes of at least 4 members (excludes halogenated alkanes) is 1. The second kappa shape index (κ2) is 12.9. The van der Waals surface area contributed by atoms with E-state index in [1.165, 1.54) is 0 Å². The van der Waals surface area contributed by atoms with Crippen LogP contribution in [0.1, 0.15) is 32.6 Å². The van der Waals surface area contributed by atoms with Gasteiger partial charge in [-0.25, -0.2) is 0 Å². The highest BCUT2D eigenvalue weighted by Crippen LogP contribution is 1.98. The number of hydrogen-bond donors (Lipinski definition) is 4. The zero-order valence-electron chi connectivity index (χ0n) is 9.96. The first-order chi connectivity index (χ1) is 7.93. The Hall–Kier alpha value is -1.18. The van der Waals surface area contributed by atoms with Crippen LogP contribution in [-0.4, -0.2) is 46.7 Å². The second-order valence-electron chi connectivity index (χ2n) is 3.16. The number of carbonyl (C=O) groups is 2. The Morgan fingerprint density at radius 3 is 2.12 bits per heavy atom. The molecule has 0 spiro atoms. The minimum Gasteiger partial charge on any atom is -0.481 e. The molecule has 0 bridgehead atoms. The molecule has 1 unspecified atom stereocenters. The maximum absolute atomic E-state index is 10.1. The molecule has 0 aromatic carbocycles. The molecule has 0 aromatic rings. The van der Waals surface area contributed by atoms with E-state index in [1.807, 2.05) is 0 Å².